The number of sulfone groups is 1. The zero-order chi connectivity index (χ0) is 23.7. The second-order valence-corrected chi connectivity index (χ2v) is 12.3. The number of hydrogen-bond acceptors (Lipinski definition) is 3. The SMILES string of the molecule is CC(C)(C1CCN(C(=O)[C@@H]([NH3+])C2CCCCC2)CC1)S(=O)(=O)c1cccc(C(F)(F)F)c1. The number of nitrogens with zero attached hydrogens (tertiary/aromatic N) is 1. The summed E-state index contributed by atoms with van der Waals surface area (Å²) in [7, 11) is -4.01. The lowest BCUT2D eigenvalue weighted by atomic mass is 9.82. The van der Waals surface area contributed by atoms with Crippen LogP contribution in [-0.2, 0) is 20.8 Å². The number of quaternary nitrogens is 1. The zero-order valence-corrected chi connectivity index (χ0v) is 19.6. The van der Waals surface area contributed by atoms with Gasteiger partial charge in [0.1, 0.15) is 0 Å². The van der Waals surface area contributed by atoms with Crippen molar-refractivity contribution < 1.29 is 32.1 Å². The van der Waals surface area contributed by atoms with Crippen molar-refractivity contribution in [2.24, 2.45) is 11.8 Å². The predicted octanol–water partition coefficient (Wildman–Crippen LogP) is 3.69. The molecule has 0 aromatic heterocycles. The van der Waals surface area contributed by atoms with Crippen molar-refractivity contribution in [3.8, 4) is 0 Å². The summed E-state index contributed by atoms with van der Waals surface area (Å²) in [5.74, 6) is 0.0876. The Morgan fingerprint density at radius 1 is 1.06 bits per heavy atom. The number of likely N-dealkylation sites (tertiary alicyclic amines) is 1. The highest BCUT2D eigenvalue weighted by Crippen LogP contribution is 2.39. The first-order valence-electron chi connectivity index (χ1n) is 11.4. The van der Waals surface area contributed by atoms with Crippen molar-refractivity contribution in [1.82, 2.24) is 4.90 Å². The van der Waals surface area contributed by atoms with Crippen LogP contribution in [0.15, 0.2) is 29.2 Å². The molecule has 2 fully saturated rings. The van der Waals surface area contributed by atoms with Crippen LogP contribution in [0.2, 0.25) is 0 Å². The van der Waals surface area contributed by atoms with Gasteiger partial charge in [0.15, 0.2) is 15.9 Å². The van der Waals surface area contributed by atoms with E-state index < -0.39 is 26.3 Å². The van der Waals surface area contributed by atoms with Gasteiger partial charge >= 0.3 is 6.18 Å². The molecule has 5 nitrogen and oxygen atoms in total. The number of carbonyl (C=O) groups is 1. The maximum Gasteiger partial charge on any atom is 0.416 e. The first-order chi connectivity index (χ1) is 14.9. The molecule has 3 N–H and O–H groups in total. The molecule has 9 heteroatoms. The summed E-state index contributed by atoms with van der Waals surface area (Å²) in [5, 5.41) is 0. The highest BCUT2D eigenvalue weighted by molar-refractivity contribution is 7.92. The van der Waals surface area contributed by atoms with Gasteiger partial charge in [0.2, 0.25) is 0 Å². The molecule has 1 amide bonds. The van der Waals surface area contributed by atoms with Crippen molar-refractivity contribution in [2.75, 3.05) is 13.1 Å². The molecule has 2 aliphatic rings. The standard InChI is InChI=1S/C23H33F3N2O3S/c1-22(2,32(30,31)19-10-6-9-18(15-19)23(24,25)26)17-11-13-28(14-12-17)21(29)20(27)16-7-4-3-5-8-16/h6,9-10,15-17,20H,3-5,7-8,11-14,27H2,1-2H3/p+1/t20-/m0/s1. The minimum atomic E-state index is -4.61. The topological polar surface area (TPSA) is 82.1 Å². The van der Waals surface area contributed by atoms with Crippen LogP contribution in [0.1, 0.15) is 64.4 Å². The van der Waals surface area contributed by atoms with E-state index in [-0.39, 0.29) is 22.8 Å². The molecule has 1 atom stereocenters. The molecule has 1 aliphatic carbocycles. The number of benzene rings is 1. The average molecular weight is 476 g/mol. The van der Waals surface area contributed by atoms with Crippen molar-refractivity contribution >= 4 is 15.7 Å². The fourth-order valence-electron chi connectivity index (χ4n) is 5.13. The molecule has 32 heavy (non-hydrogen) atoms. The van der Waals surface area contributed by atoms with Gasteiger partial charge in [-0.15, -0.1) is 0 Å². The van der Waals surface area contributed by atoms with E-state index in [0.29, 0.717) is 37.9 Å². The first-order valence-corrected chi connectivity index (χ1v) is 12.9. The summed E-state index contributed by atoms with van der Waals surface area (Å²) in [6.07, 6.45) is 1.91. The van der Waals surface area contributed by atoms with E-state index in [1.165, 1.54) is 12.5 Å². The molecule has 1 saturated carbocycles. The number of carbonyl (C=O) groups excluding carboxylic acids is 1. The first kappa shape index (κ1) is 25.0. The summed E-state index contributed by atoms with van der Waals surface area (Å²) >= 11 is 0. The predicted molar refractivity (Wildman–Crippen MR) is 115 cm³/mol. The molecule has 0 radical (unpaired) electrons. The number of rotatable bonds is 5. The molecule has 180 valence electrons. The Kier molecular flexibility index (Phi) is 7.29. The highest BCUT2D eigenvalue weighted by Gasteiger charge is 2.45. The quantitative estimate of drug-likeness (QED) is 0.705. The lowest BCUT2D eigenvalue weighted by Gasteiger charge is -2.41. The Morgan fingerprint density at radius 3 is 2.22 bits per heavy atom. The Morgan fingerprint density at radius 2 is 1.66 bits per heavy atom. The molecule has 1 aromatic carbocycles. The van der Waals surface area contributed by atoms with Crippen molar-refractivity contribution in [2.45, 2.75) is 80.7 Å². The van der Waals surface area contributed by atoms with Crippen LogP contribution in [-0.4, -0.2) is 43.1 Å². The van der Waals surface area contributed by atoms with Gasteiger partial charge in [-0.2, -0.15) is 13.2 Å². The van der Waals surface area contributed by atoms with Crippen LogP contribution in [0.3, 0.4) is 0 Å². The normalized spacial score (nSPS) is 20.9. The Hall–Kier alpha value is -1.61. The van der Waals surface area contributed by atoms with E-state index in [0.717, 1.165) is 37.8 Å². The third kappa shape index (κ3) is 4.98. The summed E-state index contributed by atoms with van der Waals surface area (Å²) < 4.78 is 64.6. The molecule has 0 spiro atoms. The monoisotopic (exact) mass is 475 g/mol. The summed E-state index contributed by atoms with van der Waals surface area (Å²) in [6, 6.07) is 3.67. The second-order valence-electron chi connectivity index (χ2n) is 9.74. The van der Waals surface area contributed by atoms with E-state index in [4.69, 9.17) is 0 Å². The van der Waals surface area contributed by atoms with E-state index >= 15 is 0 Å². The van der Waals surface area contributed by atoms with Gasteiger partial charge in [0.25, 0.3) is 5.91 Å². The lowest BCUT2D eigenvalue weighted by molar-refractivity contribution is -0.420. The van der Waals surface area contributed by atoms with Crippen LogP contribution in [0.4, 0.5) is 13.2 Å². The van der Waals surface area contributed by atoms with E-state index in [2.05, 4.69) is 5.73 Å². The maximum absolute atomic E-state index is 13.3. The van der Waals surface area contributed by atoms with Gasteiger partial charge in [0.05, 0.1) is 15.2 Å². The Labute approximate surface area is 188 Å². The van der Waals surface area contributed by atoms with Crippen LogP contribution in [0.5, 0.6) is 0 Å². The van der Waals surface area contributed by atoms with Gasteiger partial charge in [-0.3, -0.25) is 4.79 Å². The third-order valence-electron chi connectivity index (χ3n) is 7.49. The summed E-state index contributed by atoms with van der Waals surface area (Å²) in [4.78, 5) is 14.4. The number of halogens is 3. The highest BCUT2D eigenvalue weighted by atomic mass is 32.2. The van der Waals surface area contributed by atoms with Crippen LogP contribution in [0, 0.1) is 11.8 Å². The molecule has 1 heterocycles. The molecule has 0 unspecified atom stereocenters. The molecule has 1 aliphatic heterocycles. The fourth-order valence-corrected chi connectivity index (χ4v) is 6.95. The van der Waals surface area contributed by atoms with E-state index in [9.17, 15) is 26.4 Å². The van der Waals surface area contributed by atoms with Gasteiger partial charge in [-0.1, -0.05) is 25.3 Å². The minimum absolute atomic E-state index is 0.0360. The van der Waals surface area contributed by atoms with Gasteiger partial charge in [-0.25, -0.2) is 8.42 Å². The average Bonchev–Trinajstić information content (AvgIpc) is 2.78. The van der Waals surface area contributed by atoms with Crippen LogP contribution < -0.4 is 5.73 Å². The molecule has 3 rings (SSSR count). The number of amides is 1. The second kappa shape index (κ2) is 9.33. The molecular weight excluding hydrogens is 441 g/mol. The Balaban J connectivity index is 1.69. The molecular formula is C23H34F3N2O3S+. The smallest absolute Gasteiger partial charge is 0.347 e. The number of piperidine rings is 1. The van der Waals surface area contributed by atoms with Crippen molar-refractivity contribution in [3.63, 3.8) is 0 Å². The minimum Gasteiger partial charge on any atom is -0.347 e. The van der Waals surface area contributed by atoms with Crippen LogP contribution in [0.25, 0.3) is 0 Å². The van der Waals surface area contributed by atoms with Crippen molar-refractivity contribution in [3.05, 3.63) is 29.8 Å². The number of alkyl halides is 3. The van der Waals surface area contributed by atoms with E-state index in [1.807, 2.05) is 0 Å². The summed E-state index contributed by atoms with van der Waals surface area (Å²) in [6.45, 7) is 4.06. The molecule has 1 saturated heterocycles. The van der Waals surface area contributed by atoms with Crippen molar-refractivity contribution in [1.29, 1.82) is 0 Å². The largest absolute Gasteiger partial charge is 0.416 e. The van der Waals surface area contributed by atoms with Gasteiger partial charge in [-0.05, 0) is 63.6 Å². The summed E-state index contributed by atoms with van der Waals surface area (Å²) in [5.41, 5.74) is 3.16. The third-order valence-corrected chi connectivity index (χ3v) is 10.1. The van der Waals surface area contributed by atoms with Gasteiger partial charge < -0.3 is 10.6 Å². The van der Waals surface area contributed by atoms with E-state index in [1.54, 1.807) is 18.7 Å². The fraction of sp³-hybridized carbons (Fsp3) is 0.696. The lowest BCUT2D eigenvalue weighted by Crippen LogP contribution is -2.71. The maximum atomic E-state index is 13.3. The molecule has 1 aromatic rings. The molecule has 0 bridgehead atoms. The van der Waals surface area contributed by atoms with Crippen LogP contribution >= 0.6 is 0 Å². The Bertz CT molecular complexity index is 917. The number of hydrogen-bond donors (Lipinski definition) is 1. The van der Waals surface area contributed by atoms with Gasteiger partial charge in [0, 0.05) is 19.0 Å². The zero-order valence-electron chi connectivity index (χ0n) is 18.8.